The number of rotatable bonds is 4. The molecule has 11 heteroatoms. The number of nitrogen functional groups attached to an aromatic ring is 1. The van der Waals surface area contributed by atoms with Crippen LogP contribution in [0.15, 0.2) is 11.0 Å². The Hall–Kier alpha value is -0.870. The van der Waals surface area contributed by atoms with E-state index in [1.807, 2.05) is 0 Å². The average Bonchev–Trinajstić information content (AvgIpc) is 2.72. The summed E-state index contributed by atoms with van der Waals surface area (Å²) in [5, 5.41) is 9.88. The molecule has 1 aromatic heterocycles. The van der Waals surface area contributed by atoms with Crippen LogP contribution in [0.25, 0.3) is 0 Å². The Kier molecular flexibility index (Phi) is 4.79. The first-order valence-corrected chi connectivity index (χ1v) is 8.69. The lowest BCUT2D eigenvalue weighted by molar-refractivity contribution is -0.0427. The first-order valence-electron chi connectivity index (χ1n) is 6.06. The first kappa shape index (κ1) is 16.5. The van der Waals surface area contributed by atoms with Gasteiger partial charge in [-0.1, -0.05) is 0 Å². The Morgan fingerprint density at radius 3 is 2.95 bits per heavy atom. The monoisotopic (exact) mass is 337 g/mol. The Balaban J connectivity index is 2.12. The Morgan fingerprint density at radius 2 is 2.33 bits per heavy atom. The van der Waals surface area contributed by atoms with E-state index in [-0.39, 0.29) is 18.8 Å². The van der Waals surface area contributed by atoms with Crippen molar-refractivity contribution in [2.24, 2.45) is 0 Å². The highest BCUT2D eigenvalue weighted by Crippen LogP contribution is 2.38. The van der Waals surface area contributed by atoms with Gasteiger partial charge in [-0.15, -0.1) is 0 Å². The van der Waals surface area contributed by atoms with Crippen molar-refractivity contribution < 1.29 is 24.2 Å². The third-order valence-electron chi connectivity index (χ3n) is 3.10. The van der Waals surface area contributed by atoms with E-state index >= 15 is 0 Å². The summed E-state index contributed by atoms with van der Waals surface area (Å²) in [6.07, 6.45) is -0.849. The van der Waals surface area contributed by atoms with Crippen LogP contribution >= 0.6 is 6.72 Å². The van der Waals surface area contributed by atoms with Gasteiger partial charge >= 0.3 is 12.4 Å². The molecule has 118 valence electrons. The van der Waals surface area contributed by atoms with Gasteiger partial charge in [0.15, 0.2) is 0 Å². The van der Waals surface area contributed by atoms with E-state index in [2.05, 4.69) is 21.3 Å². The van der Waals surface area contributed by atoms with Crippen molar-refractivity contribution in [3.8, 4) is 0 Å². The molecule has 0 radical (unpaired) electrons. The largest absolute Gasteiger partial charge is 0.390 e. The fraction of sp³-hybridized carbons (Fsp3) is 0.600. The van der Waals surface area contributed by atoms with Crippen LogP contribution in [0.3, 0.4) is 0 Å². The highest BCUT2D eigenvalue weighted by Gasteiger charge is 2.36. The molecule has 1 saturated heterocycles. The van der Waals surface area contributed by atoms with Crippen LogP contribution in [0.4, 0.5) is 5.82 Å². The Bertz CT molecular complexity index is 632. The fourth-order valence-corrected chi connectivity index (χ4v) is 2.52. The molecule has 1 aromatic rings. The molecule has 1 fully saturated rings. The summed E-state index contributed by atoms with van der Waals surface area (Å²) in [5.74, 6) is 0.135. The fourth-order valence-electron chi connectivity index (χ4n) is 1.99. The molecule has 0 aromatic carbocycles. The van der Waals surface area contributed by atoms with E-state index < -0.39 is 30.8 Å². The molecule has 2 rings (SSSR count). The van der Waals surface area contributed by atoms with Crippen molar-refractivity contribution in [2.45, 2.75) is 31.8 Å². The Labute approximate surface area is 125 Å². The predicted octanol–water partition coefficient (Wildman–Crippen LogP) is -0.992. The number of nitrogens with two attached hydrogens (primary N) is 1. The zero-order chi connectivity index (χ0) is 15.8. The van der Waals surface area contributed by atoms with E-state index in [0.29, 0.717) is 5.56 Å². The molecule has 21 heavy (non-hydrogen) atoms. The summed E-state index contributed by atoms with van der Waals surface area (Å²) in [7, 11) is 0. The molecular formula is C10H16N3O6PS. The quantitative estimate of drug-likeness (QED) is 0.510. The number of aliphatic hydroxyl groups excluding tert-OH is 1. The van der Waals surface area contributed by atoms with E-state index in [1.165, 1.54) is 10.8 Å². The number of nitrogens with zero attached hydrogens (tertiary/aromatic N) is 2. The number of anilines is 1. The summed E-state index contributed by atoms with van der Waals surface area (Å²) in [5.41, 5.74) is 5.55. The lowest BCUT2D eigenvalue weighted by Crippen LogP contribution is -2.29. The van der Waals surface area contributed by atoms with Crippen LogP contribution in [-0.2, 0) is 21.1 Å². The number of aryl methyl sites for hydroxylation is 1. The maximum atomic E-state index is 11.8. The van der Waals surface area contributed by atoms with Gasteiger partial charge in [0.25, 0.3) is 0 Å². The van der Waals surface area contributed by atoms with Gasteiger partial charge in [0.1, 0.15) is 18.1 Å². The van der Waals surface area contributed by atoms with Crippen molar-refractivity contribution in [2.75, 3.05) is 12.3 Å². The molecule has 1 aliphatic heterocycles. The van der Waals surface area contributed by atoms with Crippen LogP contribution in [0.1, 0.15) is 18.2 Å². The second kappa shape index (κ2) is 6.09. The smallest absolute Gasteiger partial charge is 0.351 e. The molecular weight excluding hydrogens is 321 g/mol. The van der Waals surface area contributed by atoms with Crippen LogP contribution in [0.5, 0.6) is 0 Å². The third kappa shape index (κ3) is 4.07. The molecule has 9 nitrogen and oxygen atoms in total. The van der Waals surface area contributed by atoms with Gasteiger partial charge in [0.05, 0.1) is 12.7 Å². The van der Waals surface area contributed by atoms with Crippen molar-refractivity contribution in [3.63, 3.8) is 0 Å². The van der Waals surface area contributed by atoms with Crippen molar-refractivity contribution in [1.82, 2.24) is 9.55 Å². The summed E-state index contributed by atoms with van der Waals surface area (Å²) in [6.45, 7) is -2.40. The molecule has 1 aliphatic rings. The molecule has 3 atom stereocenters. The minimum Gasteiger partial charge on any atom is -0.390 e. The van der Waals surface area contributed by atoms with Crippen LogP contribution in [0, 0.1) is 6.92 Å². The molecule has 0 saturated carbocycles. The maximum absolute atomic E-state index is 11.8. The number of aromatic nitrogens is 2. The van der Waals surface area contributed by atoms with Gasteiger partial charge in [-0.05, 0) is 18.7 Å². The molecule has 0 spiro atoms. The minimum atomic E-state index is -3.82. The van der Waals surface area contributed by atoms with E-state index in [0.717, 1.165) is 0 Å². The number of aliphatic hydroxyl groups is 1. The van der Waals surface area contributed by atoms with Crippen LogP contribution in [-0.4, -0.2) is 43.3 Å². The molecule has 0 amide bonds. The van der Waals surface area contributed by atoms with Gasteiger partial charge in [0.2, 0.25) is 0 Å². The highest BCUT2D eigenvalue weighted by molar-refractivity contribution is 8.06. The highest BCUT2D eigenvalue weighted by atomic mass is 32.5. The van der Waals surface area contributed by atoms with E-state index in [1.54, 1.807) is 6.92 Å². The summed E-state index contributed by atoms with van der Waals surface area (Å²) in [6, 6.07) is 0. The number of hydrogen-bond acceptors (Lipinski definition) is 7. The Morgan fingerprint density at radius 1 is 1.67 bits per heavy atom. The topological polar surface area (TPSA) is 140 Å². The second-order valence-electron chi connectivity index (χ2n) is 4.72. The SMILES string of the molecule is Cc1cn([C@H]2C[C@H](O)[C@@H](COP(O)(O)=S)O2)c(=O)nc1N. The number of ether oxygens (including phenoxy) is 1. The summed E-state index contributed by atoms with van der Waals surface area (Å²) >= 11 is 4.32. The van der Waals surface area contributed by atoms with E-state index in [9.17, 15) is 9.90 Å². The average molecular weight is 337 g/mol. The molecule has 0 bridgehead atoms. The third-order valence-corrected chi connectivity index (χ3v) is 3.90. The van der Waals surface area contributed by atoms with Crippen molar-refractivity contribution in [1.29, 1.82) is 0 Å². The van der Waals surface area contributed by atoms with Crippen LogP contribution < -0.4 is 11.4 Å². The zero-order valence-electron chi connectivity index (χ0n) is 11.1. The van der Waals surface area contributed by atoms with Gasteiger partial charge < -0.3 is 29.9 Å². The normalized spacial score (nSPS) is 26.2. The zero-order valence-corrected chi connectivity index (χ0v) is 12.8. The van der Waals surface area contributed by atoms with Gasteiger partial charge in [-0.25, -0.2) is 4.79 Å². The number of hydrogen-bond donors (Lipinski definition) is 4. The lowest BCUT2D eigenvalue weighted by atomic mass is 10.2. The van der Waals surface area contributed by atoms with Crippen molar-refractivity contribution >= 4 is 24.3 Å². The lowest BCUT2D eigenvalue weighted by Gasteiger charge is -2.17. The molecule has 0 unspecified atom stereocenters. The molecule has 0 aliphatic carbocycles. The molecule has 5 N–H and O–H groups in total. The standard InChI is InChI=1S/C10H16N3O6PS/c1-5-3-13(10(15)12-9(5)11)8-2-6(14)7(19-8)4-18-20(16,17)21/h3,6-8,14H,2,4H2,1H3,(H2,11,12,15)(H2,16,17,21)/t6-,7+,8+/m0/s1. The predicted molar refractivity (Wildman–Crippen MR) is 76.9 cm³/mol. The van der Waals surface area contributed by atoms with Crippen LogP contribution in [0.2, 0.25) is 0 Å². The van der Waals surface area contributed by atoms with E-state index in [4.69, 9.17) is 20.3 Å². The van der Waals surface area contributed by atoms with Crippen molar-refractivity contribution in [3.05, 3.63) is 22.2 Å². The molecule has 2 heterocycles. The first-order chi connectivity index (χ1) is 9.67. The van der Waals surface area contributed by atoms with Gasteiger partial charge in [-0.3, -0.25) is 4.57 Å². The van der Waals surface area contributed by atoms with Gasteiger partial charge in [0, 0.05) is 18.2 Å². The summed E-state index contributed by atoms with van der Waals surface area (Å²) in [4.78, 5) is 33.5. The maximum Gasteiger partial charge on any atom is 0.351 e. The van der Waals surface area contributed by atoms with Gasteiger partial charge in [-0.2, -0.15) is 4.98 Å². The minimum absolute atomic E-state index is 0.135. The summed E-state index contributed by atoms with van der Waals surface area (Å²) < 4.78 is 11.4. The second-order valence-corrected chi connectivity index (χ2v) is 7.38.